The molecule has 0 aromatic rings. The molecule has 0 saturated carbocycles. The Morgan fingerprint density at radius 2 is 1.81 bits per heavy atom. The van der Waals surface area contributed by atoms with Crippen LogP contribution in [-0.4, -0.2) is 43.5 Å². The number of nitrogens with zero attached hydrogens (tertiary/aromatic N) is 1. The predicted octanol–water partition coefficient (Wildman–Crippen LogP) is -0.0410. The molecule has 0 heterocycles. The third kappa shape index (κ3) is 6.01. The van der Waals surface area contributed by atoms with Crippen molar-refractivity contribution in [2.75, 3.05) is 19.7 Å². The Labute approximate surface area is 95.5 Å². The molecule has 0 bridgehead atoms. The lowest BCUT2D eigenvalue weighted by atomic mass is 10.4. The van der Waals surface area contributed by atoms with Gasteiger partial charge in [0.25, 0.3) is 0 Å². The summed E-state index contributed by atoms with van der Waals surface area (Å²) in [6, 6.07) is 0. The van der Waals surface area contributed by atoms with E-state index in [2.05, 4.69) is 4.84 Å². The summed E-state index contributed by atoms with van der Waals surface area (Å²) in [5.74, 6) is -1.24. The van der Waals surface area contributed by atoms with Gasteiger partial charge in [-0.3, -0.25) is 4.84 Å². The Balaban J connectivity index is 4.29. The summed E-state index contributed by atoms with van der Waals surface area (Å²) in [5.41, 5.74) is 0. The molecule has 0 aliphatic rings. The molecule has 0 aromatic heterocycles. The second-order valence-electron chi connectivity index (χ2n) is 3.17. The number of rotatable bonds is 9. The van der Waals surface area contributed by atoms with E-state index in [1.54, 1.807) is 4.89 Å². The summed E-state index contributed by atoms with van der Waals surface area (Å²) in [6.45, 7) is 3.76. The van der Waals surface area contributed by atoms with Crippen molar-refractivity contribution in [3.05, 3.63) is 0 Å². The van der Waals surface area contributed by atoms with Gasteiger partial charge in [-0.2, -0.15) is 12.7 Å². The summed E-state index contributed by atoms with van der Waals surface area (Å²) in [5, 5.41) is 8.28. The zero-order chi connectivity index (χ0) is 12.6. The highest BCUT2D eigenvalue weighted by molar-refractivity contribution is 7.87. The lowest BCUT2D eigenvalue weighted by molar-refractivity contribution is -0.143. The number of carboxylic acids is 1. The molecule has 96 valence electrons. The molecule has 0 aliphatic heterocycles. The van der Waals surface area contributed by atoms with E-state index in [9.17, 15) is 13.2 Å². The van der Waals surface area contributed by atoms with Gasteiger partial charge in [-0.1, -0.05) is 18.7 Å². The van der Waals surface area contributed by atoms with Crippen LogP contribution in [0.1, 0.15) is 26.7 Å². The smallest absolute Gasteiger partial charge is 0.331 e. The first kappa shape index (κ1) is 15.3. The highest BCUT2D eigenvalue weighted by Gasteiger charge is 2.20. The average molecular weight is 254 g/mol. The zero-order valence-corrected chi connectivity index (χ0v) is 10.3. The van der Waals surface area contributed by atoms with E-state index in [4.69, 9.17) is 5.11 Å². The Morgan fingerprint density at radius 1 is 1.31 bits per heavy atom. The van der Waals surface area contributed by atoms with Crippen molar-refractivity contribution >= 4 is 16.2 Å². The maximum atomic E-state index is 11.6. The van der Waals surface area contributed by atoms with Crippen molar-refractivity contribution in [1.29, 1.82) is 0 Å². The highest BCUT2D eigenvalue weighted by Crippen LogP contribution is 2.01. The van der Waals surface area contributed by atoms with Gasteiger partial charge >= 0.3 is 16.2 Å². The van der Waals surface area contributed by atoms with Crippen LogP contribution in [0.4, 0.5) is 0 Å². The molecule has 0 spiro atoms. The summed E-state index contributed by atoms with van der Waals surface area (Å²) in [7, 11) is -3.74. The molecule has 0 aromatic carbocycles. The van der Waals surface area contributed by atoms with Gasteiger partial charge in [-0.05, 0) is 12.8 Å². The Kier molecular flexibility index (Phi) is 7.22. The van der Waals surface area contributed by atoms with Crippen LogP contribution < -0.4 is 4.89 Å². The van der Waals surface area contributed by atoms with Crippen molar-refractivity contribution in [2.24, 2.45) is 0 Å². The van der Waals surface area contributed by atoms with Crippen molar-refractivity contribution in [1.82, 2.24) is 9.19 Å². The standard InChI is InChI=1S/C8H18N2O5S/c1-3-5-10(6-4-2)16(13,14)9-15-7-8(11)12/h9H,3-7H2,1-2H3,(H,11,12). The normalized spacial score (nSPS) is 11.9. The minimum absolute atomic E-state index is 0.375. The fraction of sp³-hybridized carbons (Fsp3) is 0.875. The lowest BCUT2D eigenvalue weighted by Crippen LogP contribution is -2.42. The molecule has 0 amide bonds. The van der Waals surface area contributed by atoms with Gasteiger partial charge in [-0.15, -0.1) is 0 Å². The van der Waals surface area contributed by atoms with Crippen molar-refractivity contribution < 1.29 is 23.2 Å². The van der Waals surface area contributed by atoms with Crippen LogP contribution in [0.15, 0.2) is 0 Å². The largest absolute Gasteiger partial charge is 0.479 e. The number of aliphatic carboxylic acids is 1. The van der Waals surface area contributed by atoms with E-state index in [1.807, 2.05) is 13.8 Å². The van der Waals surface area contributed by atoms with E-state index in [0.29, 0.717) is 25.9 Å². The minimum Gasteiger partial charge on any atom is -0.479 e. The fourth-order valence-electron chi connectivity index (χ4n) is 1.07. The van der Waals surface area contributed by atoms with Crippen molar-refractivity contribution in [3.8, 4) is 0 Å². The average Bonchev–Trinajstić information content (AvgIpc) is 2.16. The van der Waals surface area contributed by atoms with Crippen LogP contribution in [0.25, 0.3) is 0 Å². The fourth-order valence-corrected chi connectivity index (χ4v) is 2.23. The van der Waals surface area contributed by atoms with Gasteiger partial charge in [0.1, 0.15) is 0 Å². The third-order valence-corrected chi connectivity index (χ3v) is 3.02. The number of hydrogen-bond donors (Lipinski definition) is 2. The maximum absolute atomic E-state index is 11.6. The van der Waals surface area contributed by atoms with E-state index in [0.717, 1.165) is 0 Å². The van der Waals surface area contributed by atoms with Crippen LogP contribution >= 0.6 is 0 Å². The van der Waals surface area contributed by atoms with Gasteiger partial charge in [-0.25, -0.2) is 4.79 Å². The lowest BCUT2D eigenvalue weighted by Gasteiger charge is -2.20. The quantitative estimate of drug-likeness (QED) is 0.563. The second kappa shape index (κ2) is 7.55. The summed E-state index contributed by atoms with van der Waals surface area (Å²) >= 11 is 0. The molecular weight excluding hydrogens is 236 g/mol. The number of nitrogens with one attached hydrogen (secondary N) is 1. The molecule has 0 atom stereocenters. The first-order chi connectivity index (χ1) is 7.44. The number of carbonyl (C=O) groups is 1. The van der Waals surface area contributed by atoms with Gasteiger partial charge < -0.3 is 5.11 Å². The van der Waals surface area contributed by atoms with E-state index in [1.165, 1.54) is 4.31 Å². The minimum atomic E-state index is -3.74. The van der Waals surface area contributed by atoms with Crippen molar-refractivity contribution in [2.45, 2.75) is 26.7 Å². The van der Waals surface area contributed by atoms with Crippen LogP contribution in [0.2, 0.25) is 0 Å². The van der Waals surface area contributed by atoms with E-state index >= 15 is 0 Å². The second-order valence-corrected chi connectivity index (χ2v) is 4.80. The molecule has 8 heteroatoms. The monoisotopic (exact) mass is 254 g/mol. The Bertz CT molecular complexity index is 298. The van der Waals surface area contributed by atoms with Gasteiger partial charge in [0.15, 0.2) is 6.61 Å². The summed E-state index contributed by atoms with van der Waals surface area (Å²) in [6.07, 6.45) is 1.36. The molecule has 0 unspecified atom stereocenters. The highest BCUT2D eigenvalue weighted by atomic mass is 32.2. The van der Waals surface area contributed by atoms with E-state index in [-0.39, 0.29) is 0 Å². The predicted molar refractivity (Wildman–Crippen MR) is 57.8 cm³/mol. The third-order valence-electron chi connectivity index (χ3n) is 1.65. The molecule has 16 heavy (non-hydrogen) atoms. The molecular formula is C8H18N2O5S. The molecule has 0 radical (unpaired) electrons. The van der Waals surface area contributed by atoms with Crippen LogP contribution in [-0.2, 0) is 19.8 Å². The summed E-state index contributed by atoms with van der Waals surface area (Å²) < 4.78 is 24.4. The van der Waals surface area contributed by atoms with E-state index < -0.39 is 22.8 Å². The van der Waals surface area contributed by atoms with Gasteiger partial charge in [0.05, 0.1) is 0 Å². The molecule has 0 aliphatic carbocycles. The molecule has 0 saturated heterocycles. The van der Waals surface area contributed by atoms with Gasteiger partial charge in [0.2, 0.25) is 0 Å². The zero-order valence-electron chi connectivity index (χ0n) is 9.47. The molecule has 7 nitrogen and oxygen atoms in total. The molecule has 0 fully saturated rings. The molecule has 0 rings (SSSR count). The van der Waals surface area contributed by atoms with Crippen LogP contribution in [0.3, 0.4) is 0 Å². The first-order valence-electron chi connectivity index (χ1n) is 5.04. The topological polar surface area (TPSA) is 95.9 Å². The Hall–Kier alpha value is -0.700. The van der Waals surface area contributed by atoms with Crippen molar-refractivity contribution in [3.63, 3.8) is 0 Å². The Morgan fingerprint density at radius 3 is 2.19 bits per heavy atom. The summed E-state index contributed by atoms with van der Waals surface area (Å²) in [4.78, 5) is 16.3. The molecule has 2 N–H and O–H groups in total. The SMILES string of the molecule is CCCN(CCC)S(=O)(=O)NOCC(=O)O. The maximum Gasteiger partial charge on any atom is 0.331 e. The van der Waals surface area contributed by atoms with Crippen LogP contribution in [0.5, 0.6) is 0 Å². The van der Waals surface area contributed by atoms with Crippen LogP contribution in [0, 0.1) is 0 Å². The van der Waals surface area contributed by atoms with Gasteiger partial charge in [0, 0.05) is 13.1 Å². The number of carboxylic acid groups (broad SMARTS) is 1. The first-order valence-corrected chi connectivity index (χ1v) is 6.48. The number of hydrogen-bond acceptors (Lipinski definition) is 4.